The van der Waals surface area contributed by atoms with Gasteiger partial charge in [-0.15, -0.1) is 0 Å². The molecule has 1 saturated heterocycles. The van der Waals surface area contributed by atoms with E-state index in [-0.39, 0.29) is 31.2 Å². The molecule has 8 nitrogen and oxygen atoms in total. The second kappa shape index (κ2) is 8.39. The third-order valence-electron chi connectivity index (χ3n) is 4.97. The summed E-state index contributed by atoms with van der Waals surface area (Å²) in [6.45, 7) is 4.42. The molecule has 0 N–H and O–H groups in total. The third-order valence-corrected chi connectivity index (χ3v) is 8.31. The number of aryl methyl sites for hydroxylation is 3. The van der Waals surface area contributed by atoms with E-state index in [4.69, 9.17) is 0 Å². The average Bonchev–Trinajstić information content (AvgIpc) is 2.87. The molecule has 2 heterocycles. The number of nitrogens with zero attached hydrogens (tertiary/aromatic N) is 4. The molecule has 0 unspecified atom stereocenters. The average molecular weight is 439 g/mol. The van der Waals surface area contributed by atoms with Crippen molar-refractivity contribution < 1.29 is 16.8 Å². The van der Waals surface area contributed by atoms with Gasteiger partial charge in [0.15, 0.2) is 5.03 Å². The molecule has 158 valence electrons. The summed E-state index contributed by atoms with van der Waals surface area (Å²) in [5.74, 6) is 0.601. The van der Waals surface area contributed by atoms with E-state index in [9.17, 15) is 16.8 Å². The largest absolute Gasteiger partial charge is 0.337 e. The van der Waals surface area contributed by atoms with E-state index in [0.29, 0.717) is 12.2 Å². The van der Waals surface area contributed by atoms with Gasteiger partial charge in [0, 0.05) is 44.8 Å². The van der Waals surface area contributed by atoms with Crippen LogP contribution in [-0.4, -0.2) is 61.2 Å². The summed E-state index contributed by atoms with van der Waals surface area (Å²) in [6, 6.07) is 7.54. The van der Waals surface area contributed by atoms with E-state index in [1.54, 1.807) is 24.6 Å². The van der Waals surface area contributed by atoms with Gasteiger partial charge in [-0.25, -0.2) is 21.8 Å². The van der Waals surface area contributed by atoms with E-state index >= 15 is 0 Å². The molecule has 0 saturated carbocycles. The molecule has 1 fully saturated rings. The Labute approximate surface area is 172 Å². The lowest BCUT2D eigenvalue weighted by molar-refractivity contribution is 0.406. The van der Waals surface area contributed by atoms with E-state index in [2.05, 4.69) is 4.98 Å². The Bertz CT molecular complexity index is 1080. The number of hydrogen-bond acceptors (Lipinski definition) is 5. The van der Waals surface area contributed by atoms with Gasteiger partial charge in [-0.1, -0.05) is 29.8 Å². The molecule has 2 aromatic rings. The fourth-order valence-electron chi connectivity index (χ4n) is 3.08. The highest BCUT2D eigenvalue weighted by Crippen LogP contribution is 2.19. The van der Waals surface area contributed by atoms with E-state index < -0.39 is 20.0 Å². The predicted molar refractivity (Wildman–Crippen MR) is 112 cm³/mol. The van der Waals surface area contributed by atoms with Crippen LogP contribution in [0, 0.1) is 13.8 Å². The Morgan fingerprint density at radius 2 is 1.55 bits per heavy atom. The Morgan fingerprint density at radius 1 is 0.931 bits per heavy atom. The minimum absolute atomic E-state index is 0.00641. The number of rotatable bonds is 5. The Hall–Kier alpha value is -2.01. The van der Waals surface area contributed by atoms with Crippen LogP contribution in [0.25, 0.3) is 6.08 Å². The highest BCUT2D eigenvalue weighted by Gasteiger charge is 2.31. The molecule has 10 heteroatoms. The summed E-state index contributed by atoms with van der Waals surface area (Å²) in [5.41, 5.74) is 1.89. The zero-order valence-electron chi connectivity index (χ0n) is 16.8. The normalized spacial score (nSPS) is 17.6. The number of hydrogen-bond donors (Lipinski definition) is 0. The summed E-state index contributed by atoms with van der Waals surface area (Å²) >= 11 is 0. The summed E-state index contributed by atoms with van der Waals surface area (Å²) in [4.78, 5) is 4.11. The fraction of sp³-hybridized carbons (Fsp3) is 0.421. The Morgan fingerprint density at radius 3 is 2.17 bits per heavy atom. The van der Waals surface area contributed by atoms with Crippen LogP contribution < -0.4 is 0 Å². The molecule has 1 aromatic carbocycles. The van der Waals surface area contributed by atoms with Gasteiger partial charge in [-0.05, 0) is 31.9 Å². The first-order chi connectivity index (χ1) is 13.6. The van der Waals surface area contributed by atoms with Crippen molar-refractivity contribution in [2.75, 3.05) is 26.2 Å². The van der Waals surface area contributed by atoms with Crippen LogP contribution in [0.3, 0.4) is 0 Å². The van der Waals surface area contributed by atoms with Crippen molar-refractivity contribution in [1.82, 2.24) is 18.2 Å². The third kappa shape index (κ3) is 4.95. The molecule has 3 rings (SSSR count). The fourth-order valence-corrected chi connectivity index (χ4v) is 5.79. The molecular weight excluding hydrogens is 412 g/mol. The first-order valence-electron chi connectivity index (χ1n) is 9.34. The maximum atomic E-state index is 12.9. The minimum Gasteiger partial charge on any atom is -0.337 e. The lowest BCUT2D eigenvalue weighted by atomic mass is 10.2. The number of sulfonamides is 2. The number of imidazole rings is 1. The number of benzene rings is 1. The second-order valence-corrected chi connectivity index (χ2v) is 10.9. The molecule has 1 aliphatic heterocycles. The summed E-state index contributed by atoms with van der Waals surface area (Å²) < 4.78 is 55.4. The van der Waals surface area contributed by atoms with Crippen LogP contribution in [0.2, 0.25) is 0 Å². The maximum absolute atomic E-state index is 12.9. The summed E-state index contributed by atoms with van der Waals surface area (Å²) in [5, 5.41) is 1.18. The van der Waals surface area contributed by atoms with Crippen LogP contribution in [0.15, 0.2) is 40.9 Å². The van der Waals surface area contributed by atoms with Gasteiger partial charge < -0.3 is 4.57 Å². The monoisotopic (exact) mass is 438 g/mol. The van der Waals surface area contributed by atoms with Crippen molar-refractivity contribution in [2.24, 2.45) is 7.05 Å². The van der Waals surface area contributed by atoms with Crippen molar-refractivity contribution in [2.45, 2.75) is 25.3 Å². The van der Waals surface area contributed by atoms with Crippen LogP contribution in [0.5, 0.6) is 0 Å². The first-order valence-corrected chi connectivity index (χ1v) is 12.3. The highest BCUT2D eigenvalue weighted by atomic mass is 32.2. The smallest absolute Gasteiger partial charge is 0.262 e. The van der Waals surface area contributed by atoms with E-state index in [1.807, 2.05) is 31.2 Å². The Kier molecular flexibility index (Phi) is 6.27. The van der Waals surface area contributed by atoms with Gasteiger partial charge in [0.05, 0.1) is 0 Å². The SMILES string of the molecule is Cc1ccc(C=CS(=O)(=O)N2CCCN(S(=O)(=O)c3cn(C)c(C)n3)CC2)cc1. The van der Waals surface area contributed by atoms with Gasteiger partial charge >= 0.3 is 0 Å². The molecule has 0 bridgehead atoms. The zero-order valence-corrected chi connectivity index (χ0v) is 18.4. The van der Waals surface area contributed by atoms with E-state index in [1.165, 1.54) is 20.2 Å². The summed E-state index contributed by atoms with van der Waals surface area (Å²) in [7, 11) is -5.66. The van der Waals surface area contributed by atoms with E-state index in [0.717, 1.165) is 11.1 Å². The maximum Gasteiger partial charge on any atom is 0.262 e. The van der Waals surface area contributed by atoms with Crippen molar-refractivity contribution in [3.05, 3.63) is 52.8 Å². The quantitative estimate of drug-likeness (QED) is 0.709. The molecule has 29 heavy (non-hydrogen) atoms. The van der Waals surface area contributed by atoms with Crippen LogP contribution in [0.4, 0.5) is 0 Å². The van der Waals surface area contributed by atoms with Crippen LogP contribution >= 0.6 is 0 Å². The minimum atomic E-state index is -3.75. The number of aromatic nitrogens is 2. The molecule has 0 atom stereocenters. The van der Waals surface area contributed by atoms with Gasteiger partial charge in [0.25, 0.3) is 10.0 Å². The van der Waals surface area contributed by atoms with Crippen molar-refractivity contribution in [3.63, 3.8) is 0 Å². The molecular formula is C19H26N4O4S2. The Balaban J connectivity index is 1.72. The molecule has 0 spiro atoms. The van der Waals surface area contributed by atoms with Crippen LogP contribution in [0.1, 0.15) is 23.4 Å². The zero-order chi connectivity index (χ0) is 21.2. The lowest BCUT2D eigenvalue weighted by Crippen LogP contribution is -2.36. The molecule has 0 aliphatic carbocycles. The standard InChI is InChI=1S/C19H26N4O4S2/c1-16-5-7-18(8-6-16)9-14-28(24,25)22-10-4-11-23(13-12-22)29(26,27)19-15-21(3)17(2)20-19/h5-9,14-15H,4,10-13H2,1-3H3. The molecule has 1 aromatic heterocycles. The molecule has 1 aliphatic rings. The lowest BCUT2D eigenvalue weighted by Gasteiger charge is -2.19. The van der Waals surface area contributed by atoms with Crippen molar-refractivity contribution >= 4 is 26.1 Å². The van der Waals surface area contributed by atoms with Crippen molar-refractivity contribution in [1.29, 1.82) is 0 Å². The second-order valence-electron chi connectivity index (χ2n) is 7.15. The van der Waals surface area contributed by atoms with Gasteiger partial charge in [0.2, 0.25) is 10.0 Å². The summed E-state index contributed by atoms with van der Waals surface area (Å²) in [6.07, 6.45) is 3.46. The first kappa shape index (κ1) is 21.7. The highest BCUT2D eigenvalue weighted by molar-refractivity contribution is 7.92. The molecule has 0 amide bonds. The van der Waals surface area contributed by atoms with Gasteiger partial charge in [0.1, 0.15) is 5.82 Å². The topological polar surface area (TPSA) is 92.6 Å². The van der Waals surface area contributed by atoms with Crippen molar-refractivity contribution in [3.8, 4) is 0 Å². The van der Waals surface area contributed by atoms with Gasteiger partial charge in [-0.3, -0.25) is 0 Å². The van der Waals surface area contributed by atoms with Crippen LogP contribution in [-0.2, 0) is 27.1 Å². The molecule has 0 radical (unpaired) electrons. The van der Waals surface area contributed by atoms with Gasteiger partial charge in [-0.2, -0.15) is 8.61 Å². The predicted octanol–water partition coefficient (Wildman–Crippen LogP) is 1.73.